The van der Waals surface area contributed by atoms with E-state index in [1.807, 2.05) is 0 Å². The van der Waals surface area contributed by atoms with Crippen LogP contribution in [0.15, 0.2) is 11.1 Å². The Morgan fingerprint density at radius 2 is 1.44 bits per heavy atom. The first-order valence-electron chi connectivity index (χ1n) is 8.05. The van der Waals surface area contributed by atoms with Gasteiger partial charge in [-0.15, -0.1) is 0 Å². The van der Waals surface area contributed by atoms with Crippen molar-refractivity contribution in [1.82, 2.24) is 19.5 Å². The van der Waals surface area contributed by atoms with Crippen LogP contribution in [0.1, 0.15) is 12.6 Å². The maximum Gasteiger partial charge on any atom is 0.466 e. The molecule has 0 unspecified atom stereocenters. The van der Waals surface area contributed by atoms with E-state index in [2.05, 4.69) is 30.9 Å². The number of phosphoric acid groups is 3. The van der Waals surface area contributed by atoms with Crippen molar-refractivity contribution in [2.45, 2.75) is 24.9 Å². The van der Waals surface area contributed by atoms with E-state index in [-0.39, 0.29) is 12.4 Å². The predicted octanol–water partition coefficient (Wildman–Crippen LogP) is -2.97. The number of rotatable bonds is 2. The molecule has 0 aromatic carbocycles. The molecule has 3 heterocycles. The third-order valence-electron chi connectivity index (χ3n) is 3.12. The van der Waals surface area contributed by atoms with E-state index < -0.39 is 41.9 Å². The van der Waals surface area contributed by atoms with E-state index in [0.29, 0.717) is 22.3 Å². The third kappa shape index (κ3) is 15.8. The number of hydrogen-bond donors (Lipinski definition) is 12. The summed E-state index contributed by atoms with van der Waals surface area (Å²) in [5.74, 6) is 0.271. The van der Waals surface area contributed by atoms with E-state index in [1.54, 1.807) is 10.9 Å². The highest BCUT2D eigenvalue weighted by molar-refractivity contribution is 9.10. The molecule has 34 heavy (non-hydrogen) atoms. The third-order valence-corrected chi connectivity index (χ3v) is 3.47. The average molecular weight is 624 g/mol. The van der Waals surface area contributed by atoms with Gasteiger partial charge in [-0.05, 0) is 15.9 Å². The van der Waals surface area contributed by atoms with Crippen LogP contribution in [-0.4, -0.2) is 92.6 Å². The van der Waals surface area contributed by atoms with Crippen LogP contribution in [0, 0.1) is 0 Å². The number of hydrogen-bond acceptors (Lipinski definition) is 10. The quantitative estimate of drug-likeness (QED) is 0.117. The zero-order valence-electron chi connectivity index (χ0n) is 16.4. The molecule has 0 saturated carbocycles. The van der Waals surface area contributed by atoms with E-state index in [1.165, 1.54) is 0 Å². The molecule has 0 bridgehead atoms. The maximum absolute atomic E-state index is 9.75. The molecule has 1 aliphatic heterocycles. The molecular weight excluding hydrogens is 603 g/mol. The van der Waals surface area contributed by atoms with Crippen molar-refractivity contribution in [2.24, 2.45) is 0 Å². The fourth-order valence-electron chi connectivity index (χ4n) is 2.17. The van der Waals surface area contributed by atoms with Gasteiger partial charge in [0, 0.05) is 6.42 Å². The second kappa shape index (κ2) is 13.4. The summed E-state index contributed by atoms with van der Waals surface area (Å²) in [4.78, 5) is 77.0. The molecule has 2 aromatic heterocycles. The smallest absolute Gasteiger partial charge is 0.394 e. The highest BCUT2D eigenvalue weighted by Crippen LogP contribution is 2.31. The molecule has 198 valence electrons. The number of nitrogen functional groups attached to an aromatic ring is 1. The molecule has 3 atom stereocenters. The van der Waals surface area contributed by atoms with Gasteiger partial charge in [0.15, 0.2) is 11.5 Å². The lowest BCUT2D eigenvalue weighted by atomic mass is 10.2. The van der Waals surface area contributed by atoms with Gasteiger partial charge in [-0.2, -0.15) is 0 Å². The van der Waals surface area contributed by atoms with E-state index in [0.717, 1.165) is 0 Å². The summed E-state index contributed by atoms with van der Waals surface area (Å²) >= 11 is 3.17. The van der Waals surface area contributed by atoms with Gasteiger partial charge in [0.2, 0.25) is 4.73 Å². The Kier molecular flexibility index (Phi) is 13.0. The number of imidazole rings is 1. The molecule has 24 heteroatoms. The van der Waals surface area contributed by atoms with E-state index in [4.69, 9.17) is 73.3 Å². The largest absolute Gasteiger partial charge is 0.466 e. The van der Waals surface area contributed by atoms with Gasteiger partial charge >= 0.3 is 23.5 Å². The molecule has 1 aliphatic rings. The summed E-state index contributed by atoms with van der Waals surface area (Å²) in [6, 6.07) is 0. The number of anilines is 1. The first kappa shape index (κ1) is 33.0. The van der Waals surface area contributed by atoms with Crippen LogP contribution in [0.5, 0.6) is 0 Å². The highest BCUT2D eigenvalue weighted by Gasteiger charge is 2.35. The van der Waals surface area contributed by atoms with Crippen LogP contribution >= 0.6 is 39.4 Å². The zero-order valence-corrected chi connectivity index (χ0v) is 20.6. The van der Waals surface area contributed by atoms with E-state index in [9.17, 15) is 5.11 Å². The Hall–Kier alpha value is -0.960. The molecule has 0 spiro atoms. The number of aliphatic hydroxyl groups excluding tert-OH is 2. The van der Waals surface area contributed by atoms with Crippen molar-refractivity contribution < 1.29 is 72.7 Å². The van der Waals surface area contributed by atoms with Crippen LogP contribution in [0.3, 0.4) is 0 Å². The number of aromatic nitrogens is 4. The summed E-state index contributed by atoms with van der Waals surface area (Å²) in [7, 11) is -13.9. The highest BCUT2D eigenvalue weighted by atomic mass is 79.9. The molecule has 2 aromatic rings. The Balaban J connectivity index is 0.000000599. The summed E-state index contributed by atoms with van der Waals surface area (Å²) < 4.78 is 34.2. The standard InChI is InChI=1S/C10H12BrN5O3.3H3O4P/c11-10-14-8(12)7-9(15-10)16(3-13-7)6-1-4(18)5(2-17)19-6;3*1-5(2,3)4/h3-6,17-18H,1-2H2,(H2,12,14,15);3*(H3,1,2,3,4)/t4-,5+,6+;;;/m0.../s1. The summed E-state index contributed by atoms with van der Waals surface area (Å²) in [5.41, 5.74) is 6.77. The fraction of sp³-hybridized carbons (Fsp3) is 0.500. The number of nitrogens with two attached hydrogens (primary N) is 1. The Morgan fingerprint density at radius 3 is 1.82 bits per heavy atom. The second-order valence-corrected chi connectivity index (χ2v) is 9.65. The minimum atomic E-state index is -4.64. The normalized spacial score (nSPS) is 20.4. The molecule has 20 nitrogen and oxygen atoms in total. The first-order valence-corrected chi connectivity index (χ1v) is 13.5. The van der Waals surface area contributed by atoms with Crippen LogP contribution in [0.25, 0.3) is 11.2 Å². The van der Waals surface area contributed by atoms with Gasteiger partial charge in [0.25, 0.3) is 0 Å². The lowest BCUT2D eigenvalue weighted by Gasteiger charge is -2.13. The molecule has 0 aliphatic carbocycles. The Labute approximate surface area is 197 Å². The topological polar surface area (TPSA) is 353 Å². The number of aliphatic hydroxyl groups is 2. The van der Waals surface area contributed by atoms with Crippen LogP contribution in [-0.2, 0) is 18.4 Å². The van der Waals surface area contributed by atoms with Gasteiger partial charge in [-0.1, -0.05) is 0 Å². The molecule has 0 amide bonds. The molecule has 1 fully saturated rings. The predicted molar refractivity (Wildman–Crippen MR) is 112 cm³/mol. The van der Waals surface area contributed by atoms with Crippen molar-refractivity contribution in [3.05, 3.63) is 11.1 Å². The zero-order chi connectivity index (χ0) is 27.1. The number of ether oxygens (including phenoxy) is 1. The molecule has 0 radical (unpaired) electrons. The monoisotopic (exact) mass is 623 g/mol. The lowest BCUT2D eigenvalue weighted by molar-refractivity contribution is -0.0432. The van der Waals surface area contributed by atoms with Gasteiger partial charge in [0.1, 0.15) is 17.8 Å². The van der Waals surface area contributed by atoms with Crippen LogP contribution in [0.4, 0.5) is 5.82 Å². The van der Waals surface area contributed by atoms with Crippen molar-refractivity contribution in [1.29, 1.82) is 0 Å². The van der Waals surface area contributed by atoms with E-state index >= 15 is 0 Å². The Bertz CT molecular complexity index is 996. The maximum atomic E-state index is 9.75. The SMILES string of the molecule is Nc1nc(Br)nc2c1ncn2[C@H]1C[C@H](O)[C@@H](CO)O1.O=P(O)(O)O.O=P(O)(O)O.O=P(O)(O)O. The van der Waals surface area contributed by atoms with Crippen molar-refractivity contribution >= 4 is 56.4 Å². The summed E-state index contributed by atoms with van der Waals surface area (Å²) in [5, 5.41) is 18.8. The van der Waals surface area contributed by atoms with Gasteiger partial charge in [-0.3, -0.25) is 4.57 Å². The van der Waals surface area contributed by atoms with Gasteiger partial charge < -0.3 is 64.7 Å². The Morgan fingerprint density at radius 1 is 1.00 bits per heavy atom. The molecular formula is C10H21BrN5O15P3. The van der Waals surface area contributed by atoms with Crippen molar-refractivity contribution in [2.75, 3.05) is 12.3 Å². The average Bonchev–Trinajstić information content (AvgIpc) is 3.13. The fourth-order valence-corrected chi connectivity index (χ4v) is 2.53. The number of fused-ring (bicyclic) bond motifs is 1. The summed E-state index contributed by atoms with van der Waals surface area (Å²) in [6.07, 6.45) is 0.163. The molecule has 1 saturated heterocycles. The number of nitrogens with zero attached hydrogens (tertiary/aromatic N) is 4. The lowest BCUT2D eigenvalue weighted by Crippen LogP contribution is -2.24. The molecule has 13 N–H and O–H groups in total. The summed E-state index contributed by atoms with van der Waals surface area (Å²) in [6.45, 7) is -0.231. The van der Waals surface area contributed by atoms with Crippen LogP contribution < -0.4 is 5.73 Å². The number of halogens is 1. The second-order valence-electron chi connectivity index (χ2n) is 5.86. The minimum Gasteiger partial charge on any atom is -0.394 e. The van der Waals surface area contributed by atoms with Crippen molar-refractivity contribution in [3.8, 4) is 0 Å². The minimum absolute atomic E-state index is 0.231. The first-order chi connectivity index (χ1) is 15.1. The van der Waals surface area contributed by atoms with Gasteiger partial charge in [-0.25, -0.2) is 28.6 Å². The van der Waals surface area contributed by atoms with Crippen LogP contribution in [0.2, 0.25) is 0 Å². The van der Waals surface area contributed by atoms with Crippen molar-refractivity contribution in [3.63, 3.8) is 0 Å². The molecule has 3 rings (SSSR count). The van der Waals surface area contributed by atoms with Gasteiger partial charge in [0.05, 0.1) is 19.0 Å².